The number of carbonyl (C=O) groups excluding carboxylic acids is 1. The summed E-state index contributed by atoms with van der Waals surface area (Å²) < 4.78 is 5.34. The third-order valence-corrected chi connectivity index (χ3v) is 4.31. The van der Waals surface area contributed by atoms with Crippen molar-refractivity contribution in [3.8, 4) is 0 Å². The van der Waals surface area contributed by atoms with Crippen molar-refractivity contribution in [1.29, 1.82) is 0 Å². The molecule has 0 radical (unpaired) electrons. The van der Waals surface area contributed by atoms with Crippen molar-refractivity contribution in [1.82, 2.24) is 0 Å². The third-order valence-electron chi connectivity index (χ3n) is 4.31. The van der Waals surface area contributed by atoms with E-state index in [1.54, 1.807) is 13.0 Å². The Balaban J connectivity index is 2.36. The molecule has 4 heteroatoms. The summed E-state index contributed by atoms with van der Waals surface area (Å²) in [7, 11) is 0. The van der Waals surface area contributed by atoms with E-state index in [1.165, 1.54) is 25.7 Å². The molecule has 2 unspecified atom stereocenters. The molecule has 0 heterocycles. The van der Waals surface area contributed by atoms with Crippen molar-refractivity contribution >= 4 is 11.9 Å². The average molecular weight is 296 g/mol. The lowest BCUT2D eigenvalue weighted by Gasteiger charge is -2.33. The summed E-state index contributed by atoms with van der Waals surface area (Å²) in [5, 5.41) is 9.26. The van der Waals surface area contributed by atoms with Crippen molar-refractivity contribution in [3.05, 3.63) is 12.2 Å². The zero-order chi connectivity index (χ0) is 15.7. The van der Waals surface area contributed by atoms with E-state index in [4.69, 9.17) is 4.74 Å². The van der Waals surface area contributed by atoms with Crippen LogP contribution in [-0.2, 0) is 14.3 Å². The molecule has 1 N–H and O–H groups in total. The first-order chi connectivity index (χ1) is 10.0. The van der Waals surface area contributed by atoms with Gasteiger partial charge >= 0.3 is 11.9 Å². The van der Waals surface area contributed by atoms with Gasteiger partial charge in [-0.2, -0.15) is 0 Å². The van der Waals surface area contributed by atoms with Gasteiger partial charge < -0.3 is 9.84 Å². The molecule has 0 bridgehead atoms. The number of carboxylic acid groups (broad SMARTS) is 1. The second-order valence-electron chi connectivity index (χ2n) is 6.10. The highest BCUT2D eigenvalue weighted by atomic mass is 16.5. The van der Waals surface area contributed by atoms with Crippen LogP contribution in [0.2, 0.25) is 0 Å². The Kier molecular flexibility index (Phi) is 7.48. The fraction of sp³-hybridized carbons (Fsp3) is 0.765. The highest BCUT2D eigenvalue weighted by Gasteiger charge is 2.46. The molecule has 0 aromatic carbocycles. The molecule has 1 aliphatic rings. The lowest BCUT2D eigenvalue weighted by molar-refractivity contribution is -0.165. The van der Waals surface area contributed by atoms with Gasteiger partial charge in [0.15, 0.2) is 0 Å². The second kappa shape index (κ2) is 8.85. The number of allylic oxidation sites excluding steroid dienone is 1. The number of carbonyl (C=O) groups is 2. The highest BCUT2D eigenvalue weighted by molar-refractivity contribution is 5.86. The van der Waals surface area contributed by atoms with E-state index in [-0.39, 0.29) is 5.97 Å². The number of rotatable bonds is 9. The first-order valence-corrected chi connectivity index (χ1v) is 8.09. The Hall–Kier alpha value is -1.32. The number of hydrogen-bond donors (Lipinski definition) is 1. The lowest BCUT2D eigenvalue weighted by atomic mass is 9.70. The monoisotopic (exact) mass is 296 g/mol. The number of carboxylic acids is 1. The molecule has 0 aliphatic heterocycles. The van der Waals surface area contributed by atoms with Gasteiger partial charge in [0.2, 0.25) is 0 Å². The van der Waals surface area contributed by atoms with E-state index >= 15 is 0 Å². The van der Waals surface area contributed by atoms with Gasteiger partial charge in [0.05, 0.1) is 17.9 Å². The molecule has 0 aromatic rings. The Bertz CT molecular complexity index is 375. The summed E-state index contributed by atoms with van der Waals surface area (Å²) >= 11 is 0. The van der Waals surface area contributed by atoms with E-state index in [2.05, 4.69) is 6.92 Å². The van der Waals surface area contributed by atoms with Crippen LogP contribution in [0.4, 0.5) is 0 Å². The van der Waals surface area contributed by atoms with Crippen LogP contribution in [0.5, 0.6) is 0 Å². The van der Waals surface area contributed by atoms with Gasteiger partial charge in [-0.15, -0.1) is 0 Å². The standard InChI is InChI=1S/C17H28O4/c1-3-4-5-6-7-10-13-21-16(20)17(2)12-9-8-11-14(17)15(18)19/h8,11,14H,3-7,9-10,12-13H2,1-2H3,(H,18,19). The van der Waals surface area contributed by atoms with E-state index < -0.39 is 17.3 Å². The summed E-state index contributed by atoms with van der Waals surface area (Å²) in [6, 6.07) is 0. The molecule has 0 amide bonds. The maximum absolute atomic E-state index is 12.3. The summed E-state index contributed by atoms with van der Waals surface area (Å²) in [6.45, 7) is 4.29. The smallest absolute Gasteiger partial charge is 0.313 e. The van der Waals surface area contributed by atoms with Crippen molar-refractivity contribution in [2.45, 2.75) is 65.2 Å². The fourth-order valence-corrected chi connectivity index (χ4v) is 2.78. The molecular weight excluding hydrogens is 268 g/mol. The quantitative estimate of drug-likeness (QED) is 0.397. The molecule has 0 aromatic heterocycles. The molecule has 0 saturated heterocycles. The summed E-state index contributed by atoms with van der Waals surface area (Å²) in [5.41, 5.74) is -0.928. The van der Waals surface area contributed by atoms with Crippen molar-refractivity contribution in [2.75, 3.05) is 6.61 Å². The van der Waals surface area contributed by atoms with Gasteiger partial charge in [0, 0.05) is 0 Å². The van der Waals surface area contributed by atoms with Gasteiger partial charge in [-0.1, -0.05) is 51.2 Å². The predicted molar refractivity (Wildman–Crippen MR) is 81.9 cm³/mol. The zero-order valence-electron chi connectivity index (χ0n) is 13.3. The van der Waals surface area contributed by atoms with Gasteiger partial charge in [0.1, 0.15) is 0 Å². The van der Waals surface area contributed by atoms with E-state index in [0.717, 1.165) is 19.3 Å². The molecule has 0 spiro atoms. The summed E-state index contributed by atoms with van der Waals surface area (Å²) in [6.07, 6.45) is 11.5. The number of aliphatic carboxylic acids is 1. The SMILES string of the molecule is CCCCCCCCOC(=O)C1(C)CCC=CC1C(=O)O. The van der Waals surface area contributed by atoms with Crippen LogP contribution in [0.25, 0.3) is 0 Å². The topological polar surface area (TPSA) is 63.6 Å². The lowest BCUT2D eigenvalue weighted by Crippen LogP contribution is -2.42. The van der Waals surface area contributed by atoms with E-state index in [0.29, 0.717) is 13.0 Å². The van der Waals surface area contributed by atoms with Crippen LogP contribution in [0, 0.1) is 11.3 Å². The van der Waals surface area contributed by atoms with Crippen molar-refractivity contribution in [3.63, 3.8) is 0 Å². The Morgan fingerprint density at radius 1 is 1.24 bits per heavy atom. The average Bonchev–Trinajstić information content (AvgIpc) is 2.46. The van der Waals surface area contributed by atoms with Gasteiger partial charge in [-0.25, -0.2) is 0 Å². The minimum absolute atomic E-state index is 0.368. The predicted octanol–water partition coefficient (Wildman–Crippen LogP) is 3.95. The molecule has 1 rings (SSSR count). The van der Waals surface area contributed by atoms with E-state index in [9.17, 15) is 14.7 Å². The minimum Gasteiger partial charge on any atom is -0.481 e. The zero-order valence-corrected chi connectivity index (χ0v) is 13.3. The maximum atomic E-state index is 12.3. The number of hydrogen-bond acceptors (Lipinski definition) is 3. The number of unbranched alkanes of at least 4 members (excludes halogenated alkanes) is 5. The van der Waals surface area contributed by atoms with Crippen LogP contribution >= 0.6 is 0 Å². The van der Waals surface area contributed by atoms with Crippen molar-refractivity contribution < 1.29 is 19.4 Å². The van der Waals surface area contributed by atoms with Gasteiger partial charge in [0.25, 0.3) is 0 Å². The van der Waals surface area contributed by atoms with Crippen molar-refractivity contribution in [2.24, 2.45) is 11.3 Å². The maximum Gasteiger partial charge on any atom is 0.313 e. The summed E-state index contributed by atoms with van der Waals surface area (Å²) in [5.74, 6) is -2.10. The Morgan fingerprint density at radius 3 is 2.57 bits per heavy atom. The molecule has 120 valence electrons. The van der Waals surface area contributed by atoms with Crippen LogP contribution < -0.4 is 0 Å². The van der Waals surface area contributed by atoms with Crippen LogP contribution in [-0.4, -0.2) is 23.7 Å². The molecule has 1 aliphatic carbocycles. The van der Waals surface area contributed by atoms with E-state index in [1.807, 2.05) is 6.08 Å². The minimum atomic E-state index is -0.954. The van der Waals surface area contributed by atoms with Crippen LogP contribution in [0.3, 0.4) is 0 Å². The van der Waals surface area contributed by atoms with Gasteiger partial charge in [-0.05, 0) is 26.2 Å². The van der Waals surface area contributed by atoms with Crippen LogP contribution in [0.1, 0.15) is 65.2 Å². The first kappa shape index (κ1) is 17.7. The summed E-state index contributed by atoms with van der Waals surface area (Å²) in [4.78, 5) is 23.5. The first-order valence-electron chi connectivity index (χ1n) is 8.09. The third kappa shape index (κ3) is 5.18. The Labute approximate surface area is 127 Å². The molecule has 0 saturated carbocycles. The molecule has 2 atom stereocenters. The van der Waals surface area contributed by atoms with Crippen LogP contribution in [0.15, 0.2) is 12.2 Å². The fourth-order valence-electron chi connectivity index (χ4n) is 2.78. The molecular formula is C17H28O4. The highest BCUT2D eigenvalue weighted by Crippen LogP contribution is 2.38. The number of ether oxygens (including phenoxy) is 1. The number of esters is 1. The normalized spacial score (nSPS) is 24.8. The molecule has 21 heavy (non-hydrogen) atoms. The largest absolute Gasteiger partial charge is 0.481 e. The second-order valence-corrected chi connectivity index (χ2v) is 6.10. The Morgan fingerprint density at radius 2 is 1.90 bits per heavy atom. The molecule has 4 nitrogen and oxygen atoms in total. The molecule has 0 fully saturated rings. The van der Waals surface area contributed by atoms with Gasteiger partial charge in [-0.3, -0.25) is 9.59 Å².